The van der Waals surface area contributed by atoms with Crippen molar-refractivity contribution in [3.63, 3.8) is 0 Å². The molecule has 27 heavy (non-hydrogen) atoms. The molecule has 4 rings (SSSR count). The minimum atomic E-state index is -0.0578. The highest BCUT2D eigenvalue weighted by Crippen LogP contribution is 2.30. The van der Waals surface area contributed by atoms with Crippen LogP contribution in [0.15, 0.2) is 54.7 Å². The predicted molar refractivity (Wildman–Crippen MR) is 113 cm³/mol. The van der Waals surface area contributed by atoms with E-state index in [0.717, 1.165) is 28.8 Å². The first-order chi connectivity index (χ1) is 12.7. The molecule has 1 N–H and O–H groups in total. The Labute approximate surface area is 160 Å². The van der Waals surface area contributed by atoms with Crippen molar-refractivity contribution < 1.29 is 0 Å². The molecule has 138 valence electrons. The molecule has 0 unspecified atom stereocenters. The van der Waals surface area contributed by atoms with Crippen LogP contribution in [0.1, 0.15) is 51.6 Å². The average molecular weight is 358 g/mol. The molecule has 0 aliphatic rings. The number of pyridine rings is 1. The maximum Gasteiger partial charge on any atom is 0.108 e. The van der Waals surface area contributed by atoms with Crippen molar-refractivity contribution >= 4 is 21.9 Å². The lowest BCUT2D eigenvalue weighted by atomic mass is 9.82. The molecular formula is C24H27N3. The Bertz CT molecular complexity index is 1110. The van der Waals surface area contributed by atoms with Crippen molar-refractivity contribution in [1.82, 2.24) is 15.0 Å². The first-order valence-corrected chi connectivity index (χ1v) is 9.57. The number of hydrogen-bond acceptors (Lipinski definition) is 2. The number of H-pyrrole nitrogens is 1. The molecule has 2 heterocycles. The highest BCUT2D eigenvalue weighted by molar-refractivity contribution is 5.79. The maximum absolute atomic E-state index is 4.83. The van der Waals surface area contributed by atoms with Gasteiger partial charge < -0.3 is 4.98 Å². The lowest BCUT2D eigenvalue weighted by molar-refractivity contribution is 0.509. The highest BCUT2D eigenvalue weighted by atomic mass is 14.9. The van der Waals surface area contributed by atoms with Crippen LogP contribution >= 0.6 is 0 Å². The molecule has 0 fully saturated rings. The second kappa shape index (κ2) is 6.19. The third kappa shape index (κ3) is 3.46. The number of para-hydroxylation sites is 1. The summed E-state index contributed by atoms with van der Waals surface area (Å²) in [6.45, 7) is 11.2. The fourth-order valence-corrected chi connectivity index (χ4v) is 3.57. The van der Waals surface area contributed by atoms with E-state index in [-0.39, 0.29) is 10.8 Å². The number of rotatable bonds is 3. The highest BCUT2D eigenvalue weighted by Gasteiger charge is 2.24. The van der Waals surface area contributed by atoms with Crippen LogP contribution in [0.4, 0.5) is 0 Å². The van der Waals surface area contributed by atoms with Gasteiger partial charge in [0.25, 0.3) is 0 Å². The fourth-order valence-electron chi connectivity index (χ4n) is 3.57. The second-order valence-corrected chi connectivity index (χ2v) is 9.14. The summed E-state index contributed by atoms with van der Waals surface area (Å²) in [6.07, 6.45) is 2.84. The third-order valence-electron chi connectivity index (χ3n) is 5.38. The monoisotopic (exact) mass is 357 g/mol. The molecule has 2 aromatic carbocycles. The number of hydrogen-bond donors (Lipinski definition) is 1. The minimum absolute atomic E-state index is 0.0578. The molecular weight excluding hydrogens is 330 g/mol. The van der Waals surface area contributed by atoms with Crippen LogP contribution in [0.2, 0.25) is 0 Å². The van der Waals surface area contributed by atoms with Crippen LogP contribution < -0.4 is 0 Å². The molecule has 0 amide bonds. The molecule has 0 spiro atoms. The van der Waals surface area contributed by atoms with Gasteiger partial charge in [0.2, 0.25) is 0 Å². The Morgan fingerprint density at radius 3 is 2.41 bits per heavy atom. The molecule has 0 aliphatic heterocycles. The van der Waals surface area contributed by atoms with Crippen molar-refractivity contribution in [2.24, 2.45) is 0 Å². The predicted octanol–water partition coefficient (Wildman–Crippen LogP) is 5.93. The molecule has 0 bridgehead atoms. The topological polar surface area (TPSA) is 41.6 Å². The van der Waals surface area contributed by atoms with Crippen LogP contribution in [0.3, 0.4) is 0 Å². The zero-order valence-electron chi connectivity index (χ0n) is 16.8. The van der Waals surface area contributed by atoms with Crippen LogP contribution in [0.25, 0.3) is 21.9 Å². The van der Waals surface area contributed by atoms with Crippen LogP contribution in [-0.4, -0.2) is 15.0 Å². The van der Waals surface area contributed by atoms with Gasteiger partial charge in [-0.25, -0.2) is 4.98 Å². The molecule has 3 nitrogen and oxygen atoms in total. The van der Waals surface area contributed by atoms with Crippen LogP contribution in [0.5, 0.6) is 0 Å². The lowest BCUT2D eigenvalue weighted by Gasteiger charge is -2.24. The molecule has 0 saturated heterocycles. The zero-order chi connectivity index (χ0) is 19.2. The van der Waals surface area contributed by atoms with E-state index in [1.807, 2.05) is 12.3 Å². The number of aromatic amines is 1. The van der Waals surface area contributed by atoms with Crippen molar-refractivity contribution in [3.8, 4) is 0 Å². The maximum atomic E-state index is 4.83. The Morgan fingerprint density at radius 1 is 0.852 bits per heavy atom. The molecule has 0 aliphatic carbocycles. The average Bonchev–Trinajstić information content (AvgIpc) is 3.01. The Balaban J connectivity index is 1.66. The van der Waals surface area contributed by atoms with E-state index in [0.29, 0.717) is 0 Å². The van der Waals surface area contributed by atoms with E-state index in [4.69, 9.17) is 4.98 Å². The van der Waals surface area contributed by atoms with Gasteiger partial charge in [-0.2, -0.15) is 0 Å². The van der Waals surface area contributed by atoms with Crippen LogP contribution in [0, 0.1) is 0 Å². The third-order valence-corrected chi connectivity index (χ3v) is 5.38. The van der Waals surface area contributed by atoms with Gasteiger partial charge in [-0.15, -0.1) is 0 Å². The van der Waals surface area contributed by atoms with Gasteiger partial charge in [-0.05, 0) is 46.2 Å². The standard InChI is InChI=1S/C24H27N3/c1-23(2,3)17-10-11-20-21(13-17)27-22(26-20)14-24(4,5)18-12-16-8-6-7-9-19(16)25-15-18/h6-13,15H,14H2,1-5H3,(H,26,27). The van der Waals surface area contributed by atoms with Gasteiger partial charge in [0.1, 0.15) is 5.82 Å². The van der Waals surface area contributed by atoms with E-state index >= 15 is 0 Å². The van der Waals surface area contributed by atoms with Crippen molar-refractivity contribution in [1.29, 1.82) is 0 Å². The van der Waals surface area contributed by atoms with E-state index in [1.165, 1.54) is 16.5 Å². The first kappa shape index (κ1) is 17.7. The van der Waals surface area contributed by atoms with Gasteiger partial charge in [-0.3, -0.25) is 4.98 Å². The number of imidazole rings is 1. The Morgan fingerprint density at radius 2 is 1.63 bits per heavy atom. The van der Waals surface area contributed by atoms with Crippen molar-refractivity contribution in [2.75, 3.05) is 0 Å². The van der Waals surface area contributed by atoms with E-state index in [1.54, 1.807) is 0 Å². The summed E-state index contributed by atoms with van der Waals surface area (Å²) in [5.41, 5.74) is 5.82. The summed E-state index contributed by atoms with van der Waals surface area (Å²) in [7, 11) is 0. The van der Waals surface area contributed by atoms with E-state index in [9.17, 15) is 0 Å². The smallest absolute Gasteiger partial charge is 0.108 e. The van der Waals surface area contributed by atoms with Gasteiger partial charge >= 0.3 is 0 Å². The number of nitrogens with one attached hydrogen (secondary N) is 1. The normalized spacial score (nSPS) is 12.8. The Hall–Kier alpha value is -2.68. The van der Waals surface area contributed by atoms with Gasteiger partial charge in [0, 0.05) is 18.0 Å². The fraction of sp³-hybridized carbons (Fsp3) is 0.333. The zero-order valence-corrected chi connectivity index (χ0v) is 16.8. The minimum Gasteiger partial charge on any atom is -0.342 e. The van der Waals surface area contributed by atoms with Crippen LogP contribution in [-0.2, 0) is 17.3 Å². The van der Waals surface area contributed by atoms with E-state index < -0.39 is 0 Å². The van der Waals surface area contributed by atoms with E-state index in [2.05, 4.69) is 87.1 Å². The largest absolute Gasteiger partial charge is 0.342 e. The van der Waals surface area contributed by atoms with Crippen molar-refractivity contribution in [3.05, 3.63) is 71.7 Å². The molecule has 0 saturated carbocycles. The molecule has 2 aromatic heterocycles. The summed E-state index contributed by atoms with van der Waals surface area (Å²) in [4.78, 5) is 13.0. The van der Waals surface area contributed by atoms with Gasteiger partial charge in [0.15, 0.2) is 0 Å². The summed E-state index contributed by atoms with van der Waals surface area (Å²) in [5, 5.41) is 1.18. The second-order valence-electron chi connectivity index (χ2n) is 9.14. The molecule has 4 aromatic rings. The Kier molecular flexibility index (Phi) is 4.06. The number of benzene rings is 2. The number of aromatic nitrogens is 3. The van der Waals surface area contributed by atoms with Gasteiger partial charge in [0.05, 0.1) is 16.6 Å². The summed E-state index contributed by atoms with van der Waals surface area (Å²) >= 11 is 0. The van der Waals surface area contributed by atoms with Crippen molar-refractivity contribution in [2.45, 2.75) is 51.9 Å². The molecule has 3 heteroatoms. The summed E-state index contributed by atoms with van der Waals surface area (Å²) < 4.78 is 0. The lowest BCUT2D eigenvalue weighted by Crippen LogP contribution is -2.21. The SMILES string of the molecule is CC(C)(C)c1ccc2nc(CC(C)(C)c3cnc4ccccc4c3)[nH]c2c1. The van der Waals surface area contributed by atoms with Gasteiger partial charge in [-0.1, -0.05) is 58.9 Å². The number of fused-ring (bicyclic) bond motifs is 2. The molecule has 0 atom stereocenters. The number of nitrogens with zero attached hydrogens (tertiary/aromatic N) is 2. The summed E-state index contributed by atoms with van der Waals surface area (Å²) in [6, 6.07) is 17.1. The quantitative estimate of drug-likeness (QED) is 0.494. The summed E-state index contributed by atoms with van der Waals surface area (Å²) in [5.74, 6) is 1.02. The molecule has 0 radical (unpaired) electrons. The first-order valence-electron chi connectivity index (χ1n) is 9.57.